The van der Waals surface area contributed by atoms with E-state index in [9.17, 15) is 0 Å². The number of nitrogens with one attached hydrogen (secondary N) is 1. The third-order valence-electron chi connectivity index (χ3n) is 3.83. The largest absolute Gasteiger partial charge is 0.493 e. The van der Waals surface area contributed by atoms with Crippen LogP contribution in [0.4, 0.5) is 0 Å². The first-order valence-electron chi connectivity index (χ1n) is 7.45. The van der Waals surface area contributed by atoms with Crippen LogP contribution in [0.25, 0.3) is 10.9 Å². The molecule has 1 aromatic heterocycles. The molecule has 1 aromatic carbocycles. The summed E-state index contributed by atoms with van der Waals surface area (Å²) in [5, 5.41) is 1.09. The highest BCUT2D eigenvalue weighted by Crippen LogP contribution is 2.43. The monoisotopic (exact) mass is 291 g/mol. The molecule has 4 nitrogen and oxygen atoms in total. The summed E-state index contributed by atoms with van der Waals surface area (Å²) in [6.45, 7) is 4.51. The van der Waals surface area contributed by atoms with Crippen molar-refractivity contribution in [3.63, 3.8) is 0 Å². The van der Waals surface area contributed by atoms with Crippen LogP contribution in [-0.4, -0.2) is 26.3 Å². The van der Waals surface area contributed by atoms with Crippen molar-refractivity contribution in [1.82, 2.24) is 4.98 Å². The molecule has 0 aliphatic rings. The first-order valence-corrected chi connectivity index (χ1v) is 7.45. The predicted octanol–water partition coefficient (Wildman–Crippen LogP) is 4.17. The minimum Gasteiger partial charge on any atom is -0.493 e. The standard InChI is InChI=1S/C17H25NO3/c1-6-7-11(2)8-13-9-12-10-14(19-3)16(20-4)17(21-5)15(12)18-13/h9-11,18H,6-8H2,1-5H3. The molecule has 4 heteroatoms. The fourth-order valence-corrected chi connectivity index (χ4v) is 2.88. The van der Waals surface area contributed by atoms with Crippen LogP contribution in [-0.2, 0) is 6.42 Å². The van der Waals surface area contributed by atoms with Gasteiger partial charge < -0.3 is 19.2 Å². The zero-order valence-electron chi connectivity index (χ0n) is 13.6. The first kappa shape index (κ1) is 15.5. The van der Waals surface area contributed by atoms with Crippen molar-refractivity contribution < 1.29 is 14.2 Å². The molecule has 0 fully saturated rings. The van der Waals surface area contributed by atoms with E-state index in [0.29, 0.717) is 23.2 Å². The van der Waals surface area contributed by atoms with Crippen LogP contribution < -0.4 is 14.2 Å². The third-order valence-corrected chi connectivity index (χ3v) is 3.83. The number of ether oxygens (including phenoxy) is 3. The fourth-order valence-electron chi connectivity index (χ4n) is 2.88. The highest BCUT2D eigenvalue weighted by atomic mass is 16.5. The molecule has 0 amide bonds. The quantitative estimate of drug-likeness (QED) is 0.832. The summed E-state index contributed by atoms with van der Waals surface area (Å²) in [7, 11) is 4.91. The topological polar surface area (TPSA) is 43.5 Å². The maximum Gasteiger partial charge on any atom is 0.205 e. The van der Waals surface area contributed by atoms with E-state index in [1.807, 2.05) is 6.07 Å². The Morgan fingerprint density at radius 3 is 2.33 bits per heavy atom. The molecule has 0 spiro atoms. The lowest BCUT2D eigenvalue weighted by molar-refractivity contribution is 0.327. The van der Waals surface area contributed by atoms with E-state index in [1.54, 1.807) is 21.3 Å². The maximum atomic E-state index is 5.52. The summed E-state index contributed by atoms with van der Waals surface area (Å²) in [5.41, 5.74) is 2.19. The highest BCUT2D eigenvalue weighted by Gasteiger charge is 2.18. The van der Waals surface area contributed by atoms with Crippen molar-refractivity contribution >= 4 is 10.9 Å². The average Bonchev–Trinajstić information content (AvgIpc) is 2.86. The first-order chi connectivity index (χ1) is 10.1. The third kappa shape index (κ3) is 3.09. The van der Waals surface area contributed by atoms with Crippen LogP contribution >= 0.6 is 0 Å². The van der Waals surface area contributed by atoms with E-state index in [1.165, 1.54) is 18.5 Å². The van der Waals surface area contributed by atoms with Crippen molar-refractivity contribution in [3.05, 3.63) is 17.8 Å². The van der Waals surface area contributed by atoms with E-state index >= 15 is 0 Å². The normalized spacial score (nSPS) is 12.4. The smallest absolute Gasteiger partial charge is 0.205 e. The van der Waals surface area contributed by atoms with Crippen molar-refractivity contribution in [2.45, 2.75) is 33.1 Å². The van der Waals surface area contributed by atoms with Crippen LogP contribution in [0.3, 0.4) is 0 Å². The predicted molar refractivity (Wildman–Crippen MR) is 85.7 cm³/mol. The number of methoxy groups -OCH3 is 3. The molecule has 21 heavy (non-hydrogen) atoms. The molecule has 1 heterocycles. The van der Waals surface area contributed by atoms with E-state index in [2.05, 4.69) is 24.9 Å². The molecule has 1 N–H and O–H groups in total. The molecule has 2 aromatic rings. The van der Waals surface area contributed by atoms with Gasteiger partial charge in [-0.3, -0.25) is 0 Å². The number of fused-ring (bicyclic) bond motifs is 1. The second kappa shape index (κ2) is 6.74. The van der Waals surface area contributed by atoms with E-state index in [0.717, 1.165) is 17.3 Å². The van der Waals surface area contributed by atoms with Gasteiger partial charge in [-0.1, -0.05) is 26.7 Å². The highest BCUT2D eigenvalue weighted by molar-refractivity contribution is 5.91. The summed E-state index contributed by atoms with van der Waals surface area (Å²) in [5.74, 6) is 2.68. The van der Waals surface area contributed by atoms with Crippen LogP contribution in [0, 0.1) is 5.92 Å². The average molecular weight is 291 g/mol. The second-order valence-electron chi connectivity index (χ2n) is 5.50. The molecular formula is C17H25NO3. The van der Waals surface area contributed by atoms with Crippen molar-refractivity contribution in [1.29, 1.82) is 0 Å². The number of hydrogen-bond donors (Lipinski definition) is 1. The molecule has 0 aliphatic carbocycles. The SMILES string of the molecule is CCCC(C)Cc1cc2cc(OC)c(OC)c(OC)c2[nH]1. The Balaban J connectivity index is 2.46. The van der Waals surface area contributed by atoms with Crippen LogP contribution in [0.1, 0.15) is 32.4 Å². The van der Waals surface area contributed by atoms with Crippen molar-refractivity contribution in [3.8, 4) is 17.2 Å². The maximum absolute atomic E-state index is 5.52. The van der Waals surface area contributed by atoms with Gasteiger partial charge in [-0.25, -0.2) is 0 Å². The van der Waals surface area contributed by atoms with Gasteiger partial charge in [0.15, 0.2) is 11.5 Å². The van der Waals surface area contributed by atoms with Gasteiger partial charge in [-0.05, 0) is 24.5 Å². The number of aromatic nitrogens is 1. The summed E-state index contributed by atoms with van der Waals surface area (Å²) in [6.07, 6.45) is 3.49. The molecule has 0 bridgehead atoms. The second-order valence-corrected chi connectivity index (χ2v) is 5.50. The molecule has 0 saturated carbocycles. The van der Waals surface area contributed by atoms with E-state index in [4.69, 9.17) is 14.2 Å². The Kier molecular flexibility index (Phi) is 4.99. The minimum atomic E-state index is 0.627. The fraction of sp³-hybridized carbons (Fsp3) is 0.529. The number of aromatic amines is 1. The lowest BCUT2D eigenvalue weighted by Crippen LogP contribution is -1.99. The molecule has 2 rings (SSSR count). The van der Waals surface area contributed by atoms with Gasteiger partial charge in [0, 0.05) is 11.1 Å². The molecule has 0 saturated heterocycles. The summed E-state index contributed by atoms with van der Waals surface area (Å²) < 4.78 is 16.3. The Hall–Kier alpha value is -1.84. The van der Waals surface area contributed by atoms with Gasteiger partial charge in [0.25, 0.3) is 0 Å². The Morgan fingerprint density at radius 1 is 1.05 bits per heavy atom. The summed E-state index contributed by atoms with van der Waals surface area (Å²) in [6, 6.07) is 4.16. The van der Waals surface area contributed by atoms with Crippen LogP contribution in [0.2, 0.25) is 0 Å². The zero-order chi connectivity index (χ0) is 15.4. The number of H-pyrrole nitrogens is 1. The lowest BCUT2D eigenvalue weighted by atomic mass is 10.0. The lowest BCUT2D eigenvalue weighted by Gasteiger charge is -2.12. The summed E-state index contributed by atoms with van der Waals surface area (Å²) in [4.78, 5) is 3.47. The molecule has 0 radical (unpaired) electrons. The van der Waals surface area contributed by atoms with E-state index in [-0.39, 0.29) is 0 Å². The van der Waals surface area contributed by atoms with Gasteiger partial charge in [0.1, 0.15) is 0 Å². The van der Waals surface area contributed by atoms with Crippen LogP contribution in [0.5, 0.6) is 17.2 Å². The van der Waals surface area contributed by atoms with Crippen molar-refractivity contribution in [2.24, 2.45) is 5.92 Å². The Labute approximate surface area is 126 Å². The Morgan fingerprint density at radius 2 is 1.76 bits per heavy atom. The van der Waals surface area contributed by atoms with Gasteiger partial charge in [-0.2, -0.15) is 0 Å². The zero-order valence-corrected chi connectivity index (χ0v) is 13.6. The van der Waals surface area contributed by atoms with Crippen molar-refractivity contribution in [2.75, 3.05) is 21.3 Å². The van der Waals surface area contributed by atoms with Crippen LogP contribution in [0.15, 0.2) is 12.1 Å². The number of benzene rings is 1. The van der Waals surface area contributed by atoms with E-state index < -0.39 is 0 Å². The van der Waals surface area contributed by atoms with Gasteiger partial charge in [0.2, 0.25) is 5.75 Å². The van der Waals surface area contributed by atoms with Gasteiger partial charge >= 0.3 is 0 Å². The summed E-state index contributed by atoms with van der Waals surface area (Å²) >= 11 is 0. The molecule has 1 unspecified atom stereocenters. The molecule has 1 atom stereocenters. The molecule has 0 aliphatic heterocycles. The number of rotatable bonds is 7. The number of hydrogen-bond acceptors (Lipinski definition) is 3. The van der Waals surface area contributed by atoms with Gasteiger partial charge in [0.05, 0.1) is 26.8 Å². The minimum absolute atomic E-state index is 0.627. The van der Waals surface area contributed by atoms with Gasteiger partial charge in [-0.15, -0.1) is 0 Å². The Bertz CT molecular complexity index is 604. The molecule has 116 valence electrons. The molecular weight excluding hydrogens is 266 g/mol.